The van der Waals surface area contributed by atoms with Crippen molar-refractivity contribution in [3.8, 4) is 0 Å². The number of para-hydroxylation sites is 2. The Morgan fingerprint density at radius 1 is 1.18 bits per heavy atom. The number of H-pyrrole nitrogens is 1. The van der Waals surface area contributed by atoms with E-state index < -0.39 is 9.84 Å². The summed E-state index contributed by atoms with van der Waals surface area (Å²) in [6.45, 7) is 2.92. The lowest BCUT2D eigenvalue weighted by atomic mass is 9.96. The SMILES string of the molecule is CCS(=O)(=O)c1ccc(C(=O)N2CCCC(c3nc4ccccc4[nH]3)C2)cc1. The van der Waals surface area contributed by atoms with E-state index in [0.717, 1.165) is 29.7 Å². The van der Waals surface area contributed by atoms with Gasteiger partial charge in [-0.05, 0) is 49.2 Å². The summed E-state index contributed by atoms with van der Waals surface area (Å²) in [6, 6.07) is 14.2. The van der Waals surface area contributed by atoms with Gasteiger partial charge in [-0.2, -0.15) is 0 Å². The maximum Gasteiger partial charge on any atom is 0.253 e. The van der Waals surface area contributed by atoms with Crippen LogP contribution in [0.3, 0.4) is 0 Å². The molecule has 1 N–H and O–H groups in total. The van der Waals surface area contributed by atoms with Crippen molar-refractivity contribution in [1.29, 1.82) is 0 Å². The molecule has 1 amide bonds. The number of carbonyl (C=O) groups excluding carboxylic acids is 1. The number of amides is 1. The van der Waals surface area contributed by atoms with Crippen molar-refractivity contribution in [3.63, 3.8) is 0 Å². The van der Waals surface area contributed by atoms with Crippen molar-refractivity contribution in [1.82, 2.24) is 14.9 Å². The molecule has 146 valence electrons. The topological polar surface area (TPSA) is 83.1 Å². The monoisotopic (exact) mass is 397 g/mol. The van der Waals surface area contributed by atoms with Crippen LogP contribution in [-0.2, 0) is 9.84 Å². The molecule has 0 radical (unpaired) electrons. The second-order valence-corrected chi connectivity index (χ2v) is 9.44. The van der Waals surface area contributed by atoms with Crippen LogP contribution < -0.4 is 0 Å². The molecule has 1 fully saturated rings. The van der Waals surface area contributed by atoms with Gasteiger partial charge in [0.2, 0.25) is 0 Å². The number of hydrogen-bond acceptors (Lipinski definition) is 4. The molecule has 1 aliphatic rings. The van der Waals surface area contributed by atoms with E-state index in [0.29, 0.717) is 18.7 Å². The van der Waals surface area contributed by atoms with E-state index in [2.05, 4.69) is 4.98 Å². The van der Waals surface area contributed by atoms with Crippen molar-refractivity contribution < 1.29 is 13.2 Å². The van der Waals surface area contributed by atoms with Crippen LogP contribution in [0.1, 0.15) is 41.9 Å². The lowest BCUT2D eigenvalue weighted by Gasteiger charge is -2.32. The summed E-state index contributed by atoms with van der Waals surface area (Å²) in [6.07, 6.45) is 1.90. The van der Waals surface area contributed by atoms with Gasteiger partial charge in [0.15, 0.2) is 9.84 Å². The molecule has 2 aromatic carbocycles. The Morgan fingerprint density at radius 2 is 1.93 bits per heavy atom. The van der Waals surface area contributed by atoms with Crippen LogP contribution in [0.2, 0.25) is 0 Å². The summed E-state index contributed by atoms with van der Waals surface area (Å²) in [4.78, 5) is 23.1. The molecule has 1 unspecified atom stereocenters. The summed E-state index contributed by atoms with van der Waals surface area (Å²) in [5.41, 5.74) is 2.46. The molecule has 4 rings (SSSR count). The number of aromatic nitrogens is 2. The number of sulfone groups is 1. The summed E-state index contributed by atoms with van der Waals surface area (Å²) < 4.78 is 23.9. The number of nitrogens with one attached hydrogen (secondary N) is 1. The van der Waals surface area contributed by atoms with Gasteiger partial charge in [-0.25, -0.2) is 13.4 Å². The van der Waals surface area contributed by atoms with Gasteiger partial charge in [0.05, 0.1) is 21.7 Å². The smallest absolute Gasteiger partial charge is 0.253 e. The Kier molecular flexibility index (Phi) is 4.93. The Morgan fingerprint density at radius 3 is 2.64 bits per heavy atom. The van der Waals surface area contributed by atoms with E-state index >= 15 is 0 Å². The Balaban J connectivity index is 1.51. The van der Waals surface area contributed by atoms with Gasteiger partial charge < -0.3 is 9.88 Å². The van der Waals surface area contributed by atoms with E-state index in [1.807, 2.05) is 29.2 Å². The van der Waals surface area contributed by atoms with Gasteiger partial charge >= 0.3 is 0 Å². The molecular formula is C21H23N3O3S. The number of aromatic amines is 1. The fraction of sp³-hybridized carbons (Fsp3) is 0.333. The molecule has 0 aliphatic carbocycles. The predicted molar refractivity (Wildman–Crippen MR) is 108 cm³/mol. The van der Waals surface area contributed by atoms with Gasteiger partial charge in [0, 0.05) is 24.6 Å². The third-order valence-electron chi connectivity index (χ3n) is 5.34. The highest BCUT2D eigenvalue weighted by Crippen LogP contribution is 2.27. The molecule has 2 heterocycles. The van der Waals surface area contributed by atoms with Crippen LogP contribution in [0.15, 0.2) is 53.4 Å². The van der Waals surface area contributed by atoms with Gasteiger partial charge in [-0.1, -0.05) is 19.1 Å². The number of fused-ring (bicyclic) bond motifs is 1. The normalized spacial score (nSPS) is 17.8. The predicted octanol–water partition coefficient (Wildman–Crippen LogP) is 3.38. The van der Waals surface area contributed by atoms with Gasteiger partial charge in [-0.3, -0.25) is 4.79 Å². The number of hydrogen-bond donors (Lipinski definition) is 1. The maximum absolute atomic E-state index is 12.9. The van der Waals surface area contributed by atoms with Crippen LogP contribution in [0, 0.1) is 0 Å². The molecule has 1 atom stereocenters. The molecule has 7 heteroatoms. The first-order valence-electron chi connectivity index (χ1n) is 9.54. The molecule has 1 saturated heterocycles. The quantitative estimate of drug-likeness (QED) is 0.732. The molecule has 0 saturated carbocycles. The number of likely N-dealkylation sites (tertiary alicyclic amines) is 1. The minimum atomic E-state index is -3.26. The van der Waals surface area contributed by atoms with Crippen LogP contribution in [-0.4, -0.2) is 48.0 Å². The zero-order valence-electron chi connectivity index (χ0n) is 15.8. The largest absolute Gasteiger partial charge is 0.342 e. The number of benzene rings is 2. The highest BCUT2D eigenvalue weighted by molar-refractivity contribution is 7.91. The minimum absolute atomic E-state index is 0.0472. The van der Waals surface area contributed by atoms with Gasteiger partial charge in [0.25, 0.3) is 5.91 Å². The standard InChI is InChI=1S/C21H23N3O3S/c1-2-28(26,27)17-11-9-15(10-12-17)21(25)24-13-5-6-16(14-24)20-22-18-7-3-4-8-19(18)23-20/h3-4,7-12,16H,2,5-6,13-14H2,1H3,(H,22,23). The summed E-state index contributed by atoms with van der Waals surface area (Å²) in [7, 11) is -3.26. The fourth-order valence-electron chi connectivity index (χ4n) is 3.70. The highest BCUT2D eigenvalue weighted by Gasteiger charge is 2.27. The molecule has 0 bridgehead atoms. The van der Waals surface area contributed by atoms with Crippen LogP contribution >= 0.6 is 0 Å². The van der Waals surface area contributed by atoms with Crippen molar-refractivity contribution in [2.24, 2.45) is 0 Å². The van der Waals surface area contributed by atoms with Gasteiger partial charge in [0.1, 0.15) is 5.82 Å². The van der Waals surface area contributed by atoms with Crippen molar-refractivity contribution in [3.05, 3.63) is 59.9 Å². The number of nitrogens with zero attached hydrogens (tertiary/aromatic N) is 2. The van der Waals surface area contributed by atoms with E-state index in [1.54, 1.807) is 19.1 Å². The number of imidazole rings is 1. The molecular weight excluding hydrogens is 374 g/mol. The second-order valence-electron chi connectivity index (χ2n) is 7.16. The van der Waals surface area contributed by atoms with Gasteiger partial charge in [-0.15, -0.1) is 0 Å². The van der Waals surface area contributed by atoms with E-state index in [9.17, 15) is 13.2 Å². The first-order chi connectivity index (χ1) is 13.5. The first-order valence-corrected chi connectivity index (χ1v) is 11.2. The minimum Gasteiger partial charge on any atom is -0.342 e. The first kappa shape index (κ1) is 18.7. The Bertz CT molecular complexity index is 1070. The van der Waals surface area contributed by atoms with Crippen molar-refractivity contribution in [2.45, 2.75) is 30.6 Å². The maximum atomic E-state index is 12.9. The Hall–Kier alpha value is -2.67. The molecule has 1 aromatic heterocycles. The molecule has 3 aromatic rings. The molecule has 0 spiro atoms. The van der Waals surface area contributed by atoms with Crippen LogP contribution in [0.25, 0.3) is 11.0 Å². The molecule has 6 nitrogen and oxygen atoms in total. The fourth-order valence-corrected chi connectivity index (χ4v) is 4.59. The lowest BCUT2D eigenvalue weighted by molar-refractivity contribution is 0.0705. The van der Waals surface area contributed by atoms with E-state index in [4.69, 9.17) is 4.98 Å². The van der Waals surface area contributed by atoms with Crippen molar-refractivity contribution in [2.75, 3.05) is 18.8 Å². The second kappa shape index (κ2) is 7.39. The summed E-state index contributed by atoms with van der Waals surface area (Å²) in [5, 5.41) is 0. The average Bonchev–Trinajstić information content (AvgIpc) is 3.18. The molecule has 28 heavy (non-hydrogen) atoms. The third-order valence-corrected chi connectivity index (χ3v) is 7.09. The zero-order chi connectivity index (χ0) is 19.7. The zero-order valence-corrected chi connectivity index (χ0v) is 16.6. The average molecular weight is 398 g/mol. The number of rotatable bonds is 4. The van der Waals surface area contributed by atoms with Crippen LogP contribution in [0.5, 0.6) is 0 Å². The highest BCUT2D eigenvalue weighted by atomic mass is 32.2. The Labute approximate surface area is 164 Å². The van der Waals surface area contributed by atoms with E-state index in [-0.39, 0.29) is 22.5 Å². The summed E-state index contributed by atoms with van der Waals surface area (Å²) in [5.74, 6) is 1.07. The summed E-state index contributed by atoms with van der Waals surface area (Å²) >= 11 is 0. The third kappa shape index (κ3) is 3.54. The number of carbonyl (C=O) groups is 1. The number of piperidine rings is 1. The van der Waals surface area contributed by atoms with Crippen LogP contribution in [0.4, 0.5) is 0 Å². The van der Waals surface area contributed by atoms with Crippen molar-refractivity contribution >= 4 is 26.8 Å². The molecule has 1 aliphatic heterocycles. The lowest BCUT2D eigenvalue weighted by Crippen LogP contribution is -2.39. The van der Waals surface area contributed by atoms with E-state index in [1.165, 1.54) is 12.1 Å².